The second-order valence-electron chi connectivity index (χ2n) is 5.74. The third-order valence-corrected chi connectivity index (χ3v) is 4.56. The minimum atomic E-state index is -4.76. The van der Waals surface area contributed by atoms with E-state index in [2.05, 4.69) is 0 Å². The average Bonchev–Trinajstić information content (AvgIpc) is 2.91. The van der Waals surface area contributed by atoms with Crippen LogP contribution in [0.15, 0.2) is 18.2 Å². The number of rotatable bonds is 2. The lowest BCUT2D eigenvalue weighted by molar-refractivity contribution is -0.152. The standard InChI is InChI=1S/C15H14F4O2/c16-11-4-3-9(7-10(11)15(17,18)19)21-13-8-12(20)14(13)5-1-2-6-14/h3-4,7,13H,1-2,5-6,8H2. The molecule has 1 spiro atoms. The lowest BCUT2D eigenvalue weighted by atomic mass is 9.63. The van der Waals surface area contributed by atoms with E-state index in [0.29, 0.717) is 6.07 Å². The molecule has 3 rings (SSSR count). The van der Waals surface area contributed by atoms with Gasteiger partial charge in [0.15, 0.2) is 0 Å². The van der Waals surface area contributed by atoms with Crippen LogP contribution < -0.4 is 4.74 Å². The minimum absolute atomic E-state index is 0.0347. The fourth-order valence-electron chi connectivity index (χ4n) is 3.34. The molecule has 2 aliphatic carbocycles. The maximum atomic E-state index is 13.2. The number of halogens is 4. The van der Waals surface area contributed by atoms with E-state index in [1.807, 2.05) is 0 Å². The van der Waals surface area contributed by atoms with Crippen LogP contribution in [0.2, 0.25) is 0 Å². The summed E-state index contributed by atoms with van der Waals surface area (Å²) in [5, 5.41) is 0. The van der Waals surface area contributed by atoms with Crippen LogP contribution in [0.4, 0.5) is 17.6 Å². The van der Waals surface area contributed by atoms with Gasteiger partial charge in [-0.1, -0.05) is 12.8 Å². The summed E-state index contributed by atoms with van der Waals surface area (Å²) in [7, 11) is 0. The first-order valence-corrected chi connectivity index (χ1v) is 6.90. The zero-order valence-corrected chi connectivity index (χ0v) is 11.2. The lowest BCUT2D eigenvalue weighted by Crippen LogP contribution is -2.55. The highest BCUT2D eigenvalue weighted by atomic mass is 19.4. The number of carbonyl (C=O) groups excluding carboxylic acids is 1. The maximum Gasteiger partial charge on any atom is 0.419 e. The monoisotopic (exact) mass is 302 g/mol. The predicted octanol–water partition coefficient (Wildman–Crippen LogP) is 4.13. The summed E-state index contributed by atoms with van der Waals surface area (Å²) >= 11 is 0. The van der Waals surface area contributed by atoms with Crippen molar-refractivity contribution in [1.82, 2.24) is 0 Å². The molecular weight excluding hydrogens is 288 g/mol. The smallest absolute Gasteiger partial charge is 0.419 e. The Morgan fingerprint density at radius 2 is 1.86 bits per heavy atom. The second kappa shape index (κ2) is 4.71. The molecule has 0 bridgehead atoms. The van der Waals surface area contributed by atoms with Crippen molar-refractivity contribution in [2.45, 2.75) is 44.4 Å². The molecular formula is C15H14F4O2. The van der Waals surface area contributed by atoms with Crippen LogP contribution in [0.5, 0.6) is 5.75 Å². The van der Waals surface area contributed by atoms with Crippen molar-refractivity contribution in [3.8, 4) is 5.75 Å². The highest BCUT2D eigenvalue weighted by Crippen LogP contribution is 2.52. The van der Waals surface area contributed by atoms with Crippen LogP contribution in [0.1, 0.15) is 37.7 Å². The quantitative estimate of drug-likeness (QED) is 0.768. The average molecular weight is 302 g/mol. The molecule has 1 atom stereocenters. The number of hydrogen-bond acceptors (Lipinski definition) is 2. The Hall–Kier alpha value is -1.59. The van der Waals surface area contributed by atoms with Crippen LogP contribution in [-0.2, 0) is 11.0 Å². The van der Waals surface area contributed by atoms with Crippen LogP contribution in [-0.4, -0.2) is 11.9 Å². The summed E-state index contributed by atoms with van der Waals surface area (Å²) in [5.74, 6) is -1.23. The number of carbonyl (C=O) groups is 1. The Bertz CT molecular complexity index is 574. The van der Waals surface area contributed by atoms with Gasteiger partial charge in [0.25, 0.3) is 0 Å². The molecule has 114 valence electrons. The van der Waals surface area contributed by atoms with Gasteiger partial charge < -0.3 is 4.74 Å². The molecule has 2 saturated carbocycles. The van der Waals surface area contributed by atoms with Crippen molar-refractivity contribution in [1.29, 1.82) is 0 Å². The molecule has 1 aromatic rings. The van der Waals surface area contributed by atoms with Crippen LogP contribution in [0.25, 0.3) is 0 Å². The van der Waals surface area contributed by atoms with Gasteiger partial charge in [-0.25, -0.2) is 4.39 Å². The number of ketones is 1. The van der Waals surface area contributed by atoms with E-state index in [9.17, 15) is 22.4 Å². The van der Waals surface area contributed by atoms with Gasteiger partial charge in [-0.2, -0.15) is 13.2 Å². The lowest BCUT2D eigenvalue weighted by Gasteiger charge is -2.44. The molecule has 2 fully saturated rings. The number of hydrogen-bond donors (Lipinski definition) is 0. The van der Waals surface area contributed by atoms with Gasteiger partial charge >= 0.3 is 6.18 Å². The van der Waals surface area contributed by atoms with Crippen molar-refractivity contribution in [3.05, 3.63) is 29.6 Å². The molecule has 1 aromatic carbocycles. The van der Waals surface area contributed by atoms with E-state index in [1.54, 1.807) is 0 Å². The van der Waals surface area contributed by atoms with Crippen molar-refractivity contribution < 1.29 is 27.1 Å². The molecule has 0 saturated heterocycles. The fraction of sp³-hybridized carbons (Fsp3) is 0.533. The molecule has 6 heteroatoms. The zero-order chi connectivity index (χ0) is 15.3. The number of benzene rings is 1. The van der Waals surface area contributed by atoms with E-state index < -0.39 is 23.0 Å². The topological polar surface area (TPSA) is 26.3 Å². The SMILES string of the molecule is O=C1CC(Oc2ccc(F)c(C(F)(F)F)c2)C12CCCC2. The third-order valence-electron chi connectivity index (χ3n) is 4.56. The van der Waals surface area contributed by atoms with Crippen LogP contribution >= 0.6 is 0 Å². The summed E-state index contributed by atoms with van der Waals surface area (Å²) < 4.78 is 56.8. The normalized spacial score (nSPS) is 24.2. The summed E-state index contributed by atoms with van der Waals surface area (Å²) in [5.41, 5.74) is -1.86. The third kappa shape index (κ3) is 2.30. The largest absolute Gasteiger partial charge is 0.489 e. The number of ether oxygens (including phenoxy) is 1. The first-order valence-electron chi connectivity index (χ1n) is 6.90. The Labute approximate surface area is 119 Å². The molecule has 2 aliphatic rings. The van der Waals surface area contributed by atoms with Crippen molar-refractivity contribution >= 4 is 5.78 Å². The molecule has 0 N–H and O–H groups in total. The molecule has 1 unspecified atom stereocenters. The molecule has 0 aromatic heterocycles. The Balaban J connectivity index is 1.82. The molecule has 0 heterocycles. The van der Waals surface area contributed by atoms with Crippen molar-refractivity contribution in [2.75, 3.05) is 0 Å². The van der Waals surface area contributed by atoms with E-state index in [0.717, 1.165) is 31.7 Å². The van der Waals surface area contributed by atoms with Crippen LogP contribution in [0, 0.1) is 11.2 Å². The Kier molecular flexibility index (Phi) is 3.22. The first kappa shape index (κ1) is 14.4. The van der Waals surface area contributed by atoms with Gasteiger partial charge in [-0.05, 0) is 31.0 Å². The van der Waals surface area contributed by atoms with Crippen molar-refractivity contribution in [3.63, 3.8) is 0 Å². The summed E-state index contributed by atoms with van der Waals surface area (Å²) in [6.07, 6.45) is -1.61. The van der Waals surface area contributed by atoms with Gasteiger partial charge in [-0.3, -0.25) is 4.79 Å². The Morgan fingerprint density at radius 1 is 1.19 bits per heavy atom. The number of alkyl halides is 3. The van der Waals surface area contributed by atoms with E-state index in [4.69, 9.17) is 4.74 Å². The van der Waals surface area contributed by atoms with E-state index >= 15 is 0 Å². The van der Waals surface area contributed by atoms with Crippen molar-refractivity contribution in [2.24, 2.45) is 5.41 Å². The molecule has 0 amide bonds. The second-order valence-corrected chi connectivity index (χ2v) is 5.74. The highest BCUT2D eigenvalue weighted by Gasteiger charge is 2.57. The van der Waals surface area contributed by atoms with Gasteiger partial charge in [0.05, 0.1) is 11.0 Å². The maximum absolute atomic E-state index is 13.2. The van der Waals surface area contributed by atoms with E-state index in [1.165, 1.54) is 6.07 Å². The van der Waals surface area contributed by atoms with Gasteiger partial charge in [0.1, 0.15) is 23.5 Å². The fourth-order valence-corrected chi connectivity index (χ4v) is 3.34. The molecule has 0 radical (unpaired) electrons. The van der Waals surface area contributed by atoms with Gasteiger partial charge in [0.2, 0.25) is 0 Å². The first-order chi connectivity index (χ1) is 9.83. The molecule has 2 nitrogen and oxygen atoms in total. The summed E-state index contributed by atoms with van der Waals surface area (Å²) in [4.78, 5) is 11.8. The minimum Gasteiger partial charge on any atom is -0.489 e. The number of Topliss-reactive ketones (excluding diaryl/α,β-unsaturated/α-hetero) is 1. The Morgan fingerprint density at radius 3 is 2.43 bits per heavy atom. The zero-order valence-electron chi connectivity index (χ0n) is 11.2. The summed E-state index contributed by atoms with van der Waals surface area (Å²) in [6, 6.07) is 2.59. The summed E-state index contributed by atoms with van der Waals surface area (Å²) in [6.45, 7) is 0. The molecule has 21 heavy (non-hydrogen) atoms. The predicted molar refractivity (Wildman–Crippen MR) is 66.3 cm³/mol. The van der Waals surface area contributed by atoms with Gasteiger partial charge in [0, 0.05) is 6.42 Å². The van der Waals surface area contributed by atoms with Crippen LogP contribution in [0.3, 0.4) is 0 Å². The highest BCUT2D eigenvalue weighted by molar-refractivity contribution is 5.92. The molecule has 0 aliphatic heterocycles. The van der Waals surface area contributed by atoms with E-state index in [-0.39, 0.29) is 24.1 Å². The van der Waals surface area contributed by atoms with Gasteiger partial charge in [-0.15, -0.1) is 0 Å².